The number of aliphatic imine (C=N–C) groups is 1. The molecule has 7 heteroatoms. The maximum atomic E-state index is 11.8. The molecule has 2 heterocycles. The number of likely N-dealkylation sites (tertiary alicyclic amines) is 1. The molecule has 6 nitrogen and oxygen atoms in total. The SMILES string of the molecule is CN=C(NCCCCN1CCCC1)NCc1ccc(N2CCCC2=O)cc1.I. The van der Waals surface area contributed by atoms with E-state index in [0.29, 0.717) is 6.42 Å². The van der Waals surface area contributed by atoms with Gasteiger partial charge in [0, 0.05) is 38.8 Å². The van der Waals surface area contributed by atoms with Crippen molar-refractivity contribution in [3.8, 4) is 0 Å². The smallest absolute Gasteiger partial charge is 0.227 e. The molecule has 1 amide bonds. The van der Waals surface area contributed by atoms with Gasteiger partial charge in [0.2, 0.25) is 5.91 Å². The van der Waals surface area contributed by atoms with Crippen molar-refractivity contribution in [2.24, 2.45) is 4.99 Å². The number of carbonyl (C=O) groups excluding carboxylic acids is 1. The van der Waals surface area contributed by atoms with Crippen LogP contribution >= 0.6 is 24.0 Å². The van der Waals surface area contributed by atoms with Crippen LogP contribution in [0.15, 0.2) is 29.3 Å². The van der Waals surface area contributed by atoms with Gasteiger partial charge in [0.15, 0.2) is 5.96 Å². The van der Waals surface area contributed by atoms with E-state index in [1.54, 1.807) is 0 Å². The number of hydrogen-bond donors (Lipinski definition) is 2. The van der Waals surface area contributed by atoms with Crippen LogP contribution in [-0.2, 0) is 11.3 Å². The van der Waals surface area contributed by atoms with Crippen LogP contribution in [0.5, 0.6) is 0 Å². The number of unbranched alkanes of at least 4 members (excludes halogenated alkanes) is 1. The highest BCUT2D eigenvalue weighted by Crippen LogP contribution is 2.21. The topological polar surface area (TPSA) is 60.0 Å². The number of anilines is 1. The van der Waals surface area contributed by atoms with Crippen LogP contribution in [0.3, 0.4) is 0 Å². The van der Waals surface area contributed by atoms with Crippen molar-refractivity contribution >= 4 is 41.5 Å². The molecule has 0 atom stereocenters. The highest BCUT2D eigenvalue weighted by molar-refractivity contribution is 14.0. The minimum atomic E-state index is 0. The predicted octanol–water partition coefficient (Wildman–Crippen LogP) is 2.97. The summed E-state index contributed by atoms with van der Waals surface area (Å²) in [4.78, 5) is 20.6. The van der Waals surface area contributed by atoms with E-state index in [1.165, 1.54) is 44.5 Å². The van der Waals surface area contributed by atoms with Gasteiger partial charge in [-0.1, -0.05) is 12.1 Å². The number of rotatable bonds is 8. The maximum absolute atomic E-state index is 11.8. The Bertz CT molecular complexity index is 628. The van der Waals surface area contributed by atoms with Gasteiger partial charge in [-0.3, -0.25) is 9.79 Å². The second-order valence-corrected chi connectivity index (χ2v) is 7.42. The Morgan fingerprint density at radius 3 is 2.43 bits per heavy atom. The van der Waals surface area contributed by atoms with Gasteiger partial charge in [0.25, 0.3) is 0 Å². The molecule has 2 N–H and O–H groups in total. The summed E-state index contributed by atoms with van der Waals surface area (Å²) in [5, 5.41) is 6.76. The molecule has 0 spiro atoms. The van der Waals surface area contributed by atoms with E-state index in [1.807, 2.05) is 24.1 Å². The monoisotopic (exact) mass is 499 g/mol. The zero-order valence-electron chi connectivity index (χ0n) is 17.0. The van der Waals surface area contributed by atoms with Crippen LogP contribution in [0.25, 0.3) is 0 Å². The molecule has 28 heavy (non-hydrogen) atoms. The van der Waals surface area contributed by atoms with Gasteiger partial charge >= 0.3 is 0 Å². The lowest BCUT2D eigenvalue weighted by Crippen LogP contribution is -2.37. The third-order valence-electron chi connectivity index (χ3n) is 5.40. The van der Waals surface area contributed by atoms with Gasteiger partial charge in [0.05, 0.1) is 0 Å². The summed E-state index contributed by atoms with van der Waals surface area (Å²) in [6, 6.07) is 8.23. The second-order valence-electron chi connectivity index (χ2n) is 7.42. The molecule has 0 unspecified atom stereocenters. The van der Waals surface area contributed by atoms with Crippen molar-refractivity contribution in [3.05, 3.63) is 29.8 Å². The first-order chi connectivity index (χ1) is 13.3. The summed E-state index contributed by atoms with van der Waals surface area (Å²) in [5.41, 5.74) is 2.18. The third-order valence-corrected chi connectivity index (χ3v) is 5.40. The quantitative estimate of drug-likeness (QED) is 0.250. The molecule has 0 saturated carbocycles. The summed E-state index contributed by atoms with van der Waals surface area (Å²) in [6.45, 7) is 6.29. The van der Waals surface area contributed by atoms with E-state index < -0.39 is 0 Å². The van der Waals surface area contributed by atoms with Gasteiger partial charge < -0.3 is 20.4 Å². The molecule has 2 aliphatic rings. The lowest BCUT2D eigenvalue weighted by atomic mass is 10.2. The number of nitrogens with zero attached hydrogens (tertiary/aromatic N) is 3. The molecular formula is C21H34IN5O. The van der Waals surface area contributed by atoms with Gasteiger partial charge in [-0.15, -0.1) is 24.0 Å². The van der Waals surface area contributed by atoms with Crippen LogP contribution < -0.4 is 15.5 Å². The number of amides is 1. The average Bonchev–Trinajstić information content (AvgIpc) is 3.36. The van der Waals surface area contributed by atoms with Gasteiger partial charge in [0.1, 0.15) is 0 Å². The number of nitrogens with one attached hydrogen (secondary N) is 2. The van der Waals surface area contributed by atoms with Crippen molar-refractivity contribution in [2.45, 2.75) is 45.1 Å². The molecule has 0 aliphatic carbocycles. The van der Waals surface area contributed by atoms with Crippen LogP contribution in [0, 0.1) is 0 Å². The minimum Gasteiger partial charge on any atom is -0.356 e. The predicted molar refractivity (Wildman–Crippen MR) is 127 cm³/mol. The first kappa shape index (κ1) is 22.9. The summed E-state index contributed by atoms with van der Waals surface area (Å²) in [6.07, 6.45) is 6.76. The second kappa shape index (κ2) is 12.3. The minimum absolute atomic E-state index is 0. The van der Waals surface area contributed by atoms with E-state index >= 15 is 0 Å². The standard InChI is InChI=1S/C21H33N5O.HI/c1-22-21(23-12-2-3-13-25-14-4-5-15-25)24-17-18-8-10-19(11-9-18)26-16-6-7-20(26)27;/h8-11H,2-7,12-17H2,1H3,(H2,22,23,24);1H. The van der Waals surface area contributed by atoms with Crippen molar-refractivity contribution in [1.82, 2.24) is 15.5 Å². The molecule has 1 aromatic rings. The molecule has 156 valence electrons. The first-order valence-corrected chi connectivity index (χ1v) is 10.3. The van der Waals surface area contributed by atoms with E-state index in [2.05, 4.69) is 32.7 Å². The average molecular weight is 499 g/mol. The molecule has 0 aromatic heterocycles. The lowest BCUT2D eigenvalue weighted by Gasteiger charge is -2.17. The number of benzene rings is 1. The van der Waals surface area contributed by atoms with Gasteiger partial charge in [-0.25, -0.2) is 0 Å². The Balaban J connectivity index is 0.00000280. The zero-order valence-corrected chi connectivity index (χ0v) is 19.3. The Hall–Kier alpha value is -1.35. The molecule has 2 aliphatic heterocycles. The van der Waals surface area contributed by atoms with Crippen LogP contribution in [-0.4, -0.2) is 56.5 Å². The van der Waals surface area contributed by atoms with Crippen molar-refractivity contribution < 1.29 is 4.79 Å². The fraction of sp³-hybridized carbons (Fsp3) is 0.619. The third kappa shape index (κ3) is 6.92. The Morgan fingerprint density at radius 2 is 1.79 bits per heavy atom. The van der Waals surface area contributed by atoms with Crippen molar-refractivity contribution in [2.75, 3.05) is 44.7 Å². The van der Waals surface area contributed by atoms with Crippen molar-refractivity contribution in [1.29, 1.82) is 0 Å². The van der Waals surface area contributed by atoms with Gasteiger partial charge in [-0.2, -0.15) is 0 Å². The molecular weight excluding hydrogens is 465 g/mol. The van der Waals surface area contributed by atoms with Crippen molar-refractivity contribution in [3.63, 3.8) is 0 Å². The Morgan fingerprint density at radius 1 is 1.04 bits per heavy atom. The fourth-order valence-corrected chi connectivity index (χ4v) is 3.79. The van der Waals surface area contributed by atoms with Gasteiger partial charge in [-0.05, 0) is 69.4 Å². The number of guanidine groups is 1. The molecule has 2 saturated heterocycles. The number of halogens is 1. The summed E-state index contributed by atoms with van der Waals surface area (Å²) < 4.78 is 0. The molecule has 1 aromatic carbocycles. The summed E-state index contributed by atoms with van der Waals surface area (Å²) in [5.74, 6) is 1.07. The van der Waals surface area contributed by atoms with E-state index in [-0.39, 0.29) is 29.9 Å². The Labute approximate surface area is 186 Å². The van der Waals surface area contributed by atoms with E-state index in [9.17, 15) is 4.79 Å². The largest absolute Gasteiger partial charge is 0.356 e. The molecule has 0 radical (unpaired) electrons. The molecule has 2 fully saturated rings. The summed E-state index contributed by atoms with van der Waals surface area (Å²) >= 11 is 0. The van der Waals surface area contributed by atoms with E-state index in [0.717, 1.165) is 44.1 Å². The van der Waals surface area contributed by atoms with Crippen LogP contribution in [0.4, 0.5) is 5.69 Å². The normalized spacial score (nSPS) is 17.7. The van der Waals surface area contributed by atoms with Crippen LogP contribution in [0.2, 0.25) is 0 Å². The van der Waals surface area contributed by atoms with Crippen LogP contribution in [0.1, 0.15) is 44.1 Å². The maximum Gasteiger partial charge on any atom is 0.227 e. The fourth-order valence-electron chi connectivity index (χ4n) is 3.79. The lowest BCUT2D eigenvalue weighted by molar-refractivity contribution is -0.117. The highest BCUT2D eigenvalue weighted by atomic mass is 127. The Kier molecular flexibility index (Phi) is 10.0. The highest BCUT2D eigenvalue weighted by Gasteiger charge is 2.21. The first-order valence-electron chi connectivity index (χ1n) is 10.3. The molecule has 3 rings (SSSR count). The number of carbonyl (C=O) groups is 1. The number of hydrogen-bond acceptors (Lipinski definition) is 3. The summed E-state index contributed by atoms with van der Waals surface area (Å²) in [7, 11) is 1.81. The molecule has 0 bridgehead atoms. The van der Waals surface area contributed by atoms with E-state index in [4.69, 9.17) is 0 Å². The zero-order chi connectivity index (χ0) is 18.9.